The van der Waals surface area contributed by atoms with Gasteiger partial charge in [0, 0.05) is 29.4 Å². The van der Waals surface area contributed by atoms with Gasteiger partial charge in [-0.3, -0.25) is 4.98 Å². The van der Waals surface area contributed by atoms with E-state index in [0.29, 0.717) is 4.83 Å². The van der Waals surface area contributed by atoms with Gasteiger partial charge in [-0.15, -0.1) is 0 Å². The molecular weight excluding hydrogens is 318 g/mol. The topological polar surface area (TPSA) is 31.4 Å². The number of hydrogen-bond donors (Lipinski definition) is 0. The van der Waals surface area contributed by atoms with Gasteiger partial charge in [0.1, 0.15) is 18.0 Å². The van der Waals surface area contributed by atoms with E-state index < -0.39 is 0 Å². The Bertz CT molecular complexity index is 584. The summed E-state index contributed by atoms with van der Waals surface area (Å²) >= 11 is 3.64. The highest BCUT2D eigenvalue weighted by molar-refractivity contribution is 9.09. The van der Waals surface area contributed by atoms with Gasteiger partial charge >= 0.3 is 0 Å². The van der Waals surface area contributed by atoms with E-state index in [4.69, 9.17) is 9.47 Å². The molecule has 1 saturated carbocycles. The molecule has 3 unspecified atom stereocenters. The molecule has 3 rings (SSSR count). The molecule has 106 valence electrons. The van der Waals surface area contributed by atoms with Crippen LogP contribution in [0.15, 0.2) is 36.5 Å². The molecule has 1 aliphatic carbocycles. The number of pyridine rings is 1. The van der Waals surface area contributed by atoms with E-state index in [2.05, 4.69) is 27.8 Å². The van der Waals surface area contributed by atoms with Crippen molar-refractivity contribution in [2.45, 2.75) is 36.8 Å². The number of benzene rings is 1. The number of nitrogens with zero attached hydrogens (tertiary/aromatic N) is 1. The highest BCUT2D eigenvalue weighted by Crippen LogP contribution is 2.36. The van der Waals surface area contributed by atoms with Crippen LogP contribution < -0.4 is 4.74 Å². The van der Waals surface area contributed by atoms with Gasteiger partial charge in [-0.05, 0) is 30.7 Å². The fraction of sp³-hybridized carbons (Fsp3) is 0.438. The first-order valence-electron chi connectivity index (χ1n) is 7.05. The van der Waals surface area contributed by atoms with Crippen molar-refractivity contribution in [2.24, 2.45) is 0 Å². The molecule has 2 aromatic rings. The second-order valence-electron chi connectivity index (χ2n) is 5.07. The van der Waals surface area contributed by atoms with E-state index in [1.54, 1.807) is 6.20 Å². The summed E-state index contributed by atoms with van der Waals surface area (Å²) in [6, 6.07) is 9.97. The number of rotatable bonds is 5. The van der Waals surface area contributed by atoms with Crippen molar-refractivity contribution >= 4 is 26.8 Å². The Balaban J connectivity index is 1.76. The first-order valence-corrected chi connectivity index (χ1v) is 7.97. The minimum absolute atomic E-state index is 0.122. The third-order valence-corrected chi connectivity index (χ3v) is 4.47. The third kappa shape index (κ3) is 2.67. The summed E-state index contributed by atoms with van der Waals surface area (Å²) in [5.74, 6) is 0.894. The maximum Gasteiger partial charge on any atom is 0.129 e. The van der Waals surface area contributed by atoms with Gasteiger partial charge < -0.3 is 9.47 Å². The largest absolute Gasteiger partial charge is 0.487 e. The summed E-state index contributed by atoms with van der Waals surface area (Å²) in [5, 5.41) is 1.06. The Morgan fingerprint density at radius 3 is 3.00 bits per heavy atom. The van der Waals surface area contributed by atoms with Crippen LogP contribution in [0, 0.1) is 0 Å². The van der Waals surface area contributed by atoms with Gasteiger partial charge in [0.05, 0.1) is 5.52 Å². The van der Waals surface area contributed by atoms with Crippen molar-refractivity contribution in [3.63, 3.8) is 0 Å². The van der Waals surface area contributed by atoms with E-state index in [0.717, 1.165) is 36.1 Å². The number of alkyl halides is 1. The molecule has 20 heavy (non-hydrogen) atoms. The average molecular weight is 336 g/mol. The lowest BCUT2D eigenvalue weighted by molar-refractivity contribution is -0.0757. The monoisotopic (exact) mass is 335 g/mol. The van der Waals surface area contributed by atoms with Crippen LogP contribution in [0.5, 0.6) is 5.75 Å². The molecule has 0 saturated heterocycles. The normalized spacial score (nSPS) is 25.4. The summed E-state index contributed by atoms with van der Waals surface area (Å²) in [5.41, 5.74) is 0.964. The van der Waals surface area contributed by atoms with Gasteiger partial charge in [0.15, 0.2) is 0 Å². The van der Waals surface area contributed by atoms with Crippen LogP contribution >= 0.6 is 15.9 Å². The highest BCUT2D eigenvalue weighted by Gasteiger charge is 2.42. The zero-order valence-corrected chi connectivity index (χ0v) is 13.0. The van der Waals surface area contributed by atoms with Crippen LogP contribution in [0.25, 0.3) is 10.9 Å². The molecule has 0 amide bonds. The molecule has 0 radical (unpaired) electrons. The summed E-state index contributed by atoms with van der Waals surface area (Å²) in [6.45, 7) is 2.90. The number of ether oxygens (including phenoxy) is 2. The van der Waals surface area contributed by atoms with Crippen molar-refractivity contribution in [3.8, 4) is 5.75 Å². The zero-order valence-electron chi connectivity index (χ0n) is 11.5. The lowest BCUT2D eigenvalue weighted by Crippen LogP contribution is -2.52. The molecule has 1 fully saturated rings. The Morgan fingerprint density at radius 1 is 1.30 bits per heavy atom. The molecule has 0 spiro atoms. The van der Waals surface area contributed by atoms with E-state index in [1.165, 1.54) is 0 Å². The van der Waals surface area contributed by atoms with Gasteiger partial charge in [-0.1, -0.05) is 28.9 Å². The second kappa shape index (κ2) is 6.10. The van der Waals surface area contributed by atoms with Crippen LogP contribution in [0.3, 0.4) is 0 Å². The summed E-state index contributed by atoms with van der Waals surface area (Å²) in [7, 11) is 0. The van der Waals surface area contributed by atoms with Crippen LogP contribution in [0.4, 0.5) is 0 Å². The van der Waals surface area contributed by atoms with Crippen molar-refractivity contribution in [2.75, 3.05) is 6.61 Å². The minimum atomic E-state index is 0.122. The molecule has 3 atom stereocenters. The summed E-state index contributed by atoms with van der Waals surface area (Å²) in [4.78, 5) is 4.75. The molecule has 1 aromatic heterocycles. The predicted octanol–water partition coefficient (Wildman–Crippen LogP) is 3.94. The molecule has 1 aromatic carbocycles. The first kappa shape index (κ1) is 13.8. The molecule has 4 heteroatoms. The van der Waals surface area contributed by atoms with Crippen molar-refractivity contribution in [1.29, 1.82) is 0 Å². The molecule has 3 nitrogen and oxygen atoms in total. The number of fused-ring (bicyclic) bond motifs is 1. The number of halogens is 1. The maximum atomic E-state index is 6.15. The molecule has 0 aliphatic heterocycles. The van der Waals surface area contributed by atoms with Crippen molar-refractivity contribution < 1.29 is 9.47 Å². The van der Waals surface area contributed by atoms with E-state index >= 15 is 0 Å². The van der Waals surface area contributed by atoms with Crippen molar-refractivity contribution in [1.82, 2.24) is 4.98 Å². The Kier molecular flexibility index (Phi) is 4.22. The maximum absolute atomic E-state index is 6.15. The van der Waals surface area contributed by atoms with Crippen LogP contribution in [0.1, 0.15) is 19.8 Å². The second-order valence-corrected chi connectivity index (χ2v) is 6.25. The number of aromatic nitrogens is 1. The van der Waals surface area contributed by atoms with Gasteiger partial charge in [-0.25, -0.2) is 0 Å². The minimum Gasteiger partial charge on any atom is -0.487 e. The fourth-order valence-corrected chi connectivity index (χ4v) is 3.31. The molecular formula is C16H18BrNO2. The molecule has 1 heterocycles. The fourth-order valence-electron chi connectivity index (χ4n) is 2.45. The summed E-state index contributed by atoms with van der Waals surface area (Å²) < 4.78 is 12.0. The van der Waals surface area contributed by atoms with E-state index in [-0.39, 0.29) is 12.2 Å². The van der Waals surface area contributed by atoms with Gasteiger partial charge in [-0.2, -0.15) is 0 Å². The average Bonchev–Trinajstić information content (AvgIpc) is 2.47. The van der Waals surface area contributed by atoms with Crippen LogP contribution in [-0.2, 0) is 4.74 Å². The SMILES string of the molecule is CCCOC1C(Br)CC1Oc1cccc2ncccc12. The van der Waals surface area contributed by atoms with Gasteiger partial charge in [0.25, 0.3) is 0 Å². The highest BCUT2D eigenvalue weighted by atomic mass is 79.9. The first-order chi connectivity index (χ1) is 9.79. The zero-order chi connectivity index (χ0) is 13.9. The molecule has 1 aliphatic rings. The summed E-state index contributed by atoms with van der Waals surface area (Å²) in [6.07, 6.45) is 4.07. The standard InChI is InChI=1S/C16H18BrNO2/c1-2-9-19-16-12(17)10-15(16)20-14-7-3-6-13-11(14)5-4-8-18-13/h3-8,12,15-16H,2,9-10H2,1H3. The van der Waals surface area contributed by atoms with Crippen molar-refractivity contribution in [3.05, 3.63) is 36.5 Å². The third-order valence-electron chi connectivity index (χ3n) is 3.58. The van der Waals surface area contributed by atoms with E-state index in [9.17, 15) is 0 Å². The smallest absolute Gasteiger partial charge is 0.129 e. The molecule has 0 bridgehead atoms. The number of hydrogen-bond acceptors (Lipinski definition) is 3. The predicted molar refractivity (Wildman–Crippen MR) is 83.5 cm³/mol. The van der Waals surface area contributed by atoms with Crippen LogP contribution in [-0.4, -0.2) is 28.6 Å². The Hall–Kier alpha value is -1.13. The Morgan fingerprint density at radius 2 is 2.20 bits per heavy atom. The lowest BCUT2D eigenvalue weighted by atomic mass is 9.91. The van der Waals surface area contributed by atoms with Gasteiger partial charge in [0.2, 0.25) is 0 Å². The van der Waals surface area contributed by atoms with Crippen LogP contribution in [0.2, 0.25) is 0 Å². The molecule has 0 N–H and O–H groups in total. The quantitative estimate of drug-likeness (QED) is 0.775. The lowest BCUT2D eigenvalue weighted by Gasteiger charge is -2.41. The van der Waals surface area contributed by atoms with E-state index in [1.807, 2.05) is 30.3 Å². The Labute approximate surface area is 127 Å².